The molecule has 0 aromatic heterocycles. The molecule has 0 rings (SSSR count). The van der Waals surface area contributed by atoms with Gasteiger partial charge in [-0.25, -0.2) is 0 Å². The van der Waals surface area contributed by atoms with Gasteiger partial charge in [0.05, 0.1) is 6.04 Å². The molecule has 0 aliphatic heterocycles. The Morgan fingerprint density at radius 3 is 2.29 bits per heavy atom. The highest BCUT2D eigenvalue weighted by Gasteiger charge is 2.13. The molecule has 0 bridgehead atoms. The Morgan fingerprint density at radius 1 is 1.24 bits per heavy atom. The van der Waals surface area contributed by atoms with Crippen LogP contribution in [0.15, 0.2) is 0 Å². The maximum absolute atomic E-state index is 11.6. The SMILES string of the molecule is CC(C)CNC(=O)C(C)NCCC(C)S(C)=O. The van der Waals surface area contributed by atoms with Crippen molar-refractivity contribution in [2.75, 3.05) is 19.3 Å². The lowest BCUT2D eigenvalue weighted by Gasteiger charge is -2.16. The molecule has 0 saturated carbocycles. The average Bonchev–Trinajstić information content (AvgIpc) is 2.25. The Kier molecular flexibility index (Phi) is 8.43. The Morgan fingerprint density at radius 2 is 1.82 bits per heavy atom. The van der Waals surface area contributed by atoms with E-state index in [0.29, 0.717) is 12.5 Å². The number of carbonyl (C=O) groups is 1. The van der Waals surface area contributed by atoms with Crippen molar-refractivity contribution < 1.29 is 9.00 Å². The number of hydrogen-bond acceptors (Lipinski definition) is 3. The van der Waals surface area contributed by atoms with E-state index in [0.717, 1.165) is 13.0 Å². The van der Waals surface area contributed by atoms with Gasteiger partial charge in [-0.3, -0.25) is 9.00 Å². The molecule has 3 unspecified atom stereocenters. The lowest BCUT2D eigenvalue weighted by Crippen LogP contribution is -2.44. The number of nitrogens with one attached hydrogen (secondary N) is 2. The highest BCUT2D eigenvalue weighted by atomic mass is 32.2. The third-order valence-electron chi connectivity index (χ3n) is 2.65. The van der Waals surface area contributed by atoms with E-state index in [2.05, 4.69) is 24.5 Å². The van der Waals surface area contributed by atoms with Crippen LogP contribution in [0.2, 0.25) is 0 Å². The summed E-state index contributed by atoms with van der Waals surface area (Å²) < 4.78 is 11.1. The molecule has 17 heavy (non-hydrogen) atoms. The molecule has 0 radical (unpaired) electrons. The van der Waals surface area contributed by atoms with Crippen LogP contribution in [0.4, 0.5) is 0 Å². The predicted molar refractivity (Wildman–Crippen MR) is 73.5 cm³/mol. The third-order valence-corrected chi connectivity index (χ3v) is 4.01. The minimum absolute atomic E-state index is 0.0315. The van der Waals surface area contributed by atoms with Gasteiger partial charge in [-0.05, 0) is 25.8 Å². The second-order valence-electron chi connectivity index (χ2n) is 4.91. The molecule has 0 fully saturated rings. The van der Waals surface area contributed by atoms with E-state index in [-0.39, 0.29) is 17.2 Å². The fourth-order valence-electron chi connectivity index (χ4n) is 1.22. The highest BCUT2D eigenvalue weighted by molar-refractivity contribution is 7.84. The highest BCUT2D eigenvalue weighted by Crippen LogP contribution is 1.98. The molecule has 4 nitrogen and oxygen atoms in total. The van der Waals surface area contributed by atoms with Gasteiger partial charge in [-0.15, -0.1) is 0 Å². The molecule has 3 atom stereocenters. The van der Waals surface area contributed by atoms with Crippen molar-refractivity contribution in [3.63, 3.8) is 0 Å². The average molecular weight is 262 g/mol. The normalized spacial score (nSPS) is 16.6. The van der Waals surface area contributed by atoms with Crippen molar-refractivity contribution in [2.45, 2.75) is 45.4 Å². The van der Waals surface area contributed by atoms with Crippen LogP contribution in [0.25, 0.3) is 0 Å². The summed E-state index contributed by atoms with van der Waals surface area (Å²) in [5, 5.41) is 6.20. The largest absolute Gasteiger partial charge is 0.354 e. The molecule has 0 saturated heterocycles. The molecule has 0 heterocycles. The molecular weight excluding hydrogens is 236 g/mol. The fourth-order valence-corrected chi connectivity index (χ4v) is 1.67. The van der Waals surface area contributed by atoms with Gasteiger partial charge in [-0.1, -0.05) is 20.8 Å². The summed E-state index contributed by atoms with van der Waals surface area (Å²) in [5.74, 6) is 0.498. The van der Waals surface area contributed by atoms with Crippen LogP contribution in [0, 0.1) is 5.92 Å². The van der Waals surface area contributed by atoms with Gasteiger partial charge in [0, 0.05) is 28.9 Å². The first-order valence-corrected chi connectivity index (χ1v) is 7.80. The van der Waals surface area contributed by atoms with Crippen molar-refractivity contribution in [3.05, 3.63) is 0 Å². The lowest BCUT2D eigenvalue weighted by molar-refractivity contribution is -0.122. The number of carbonyl (C=O) groups excluding carboxylic acids is 1. The maximum Gasteiger partial charge on any atom is 0.236 e. The molecule has 5 heteroatoms. The number of amides is 1. The van der Waals surface area contributed by atoms with Gasteiger partial charge < -0.3 is 10.6 Å². The first kappa shape index (κ1) is 16.6. The zero-order valence-corrected chi connectivity index (χ0v) is 12.4. The van der Waals surface area contributed by atoms with Crippen LogP contribution >= 0.6 is 0 Å². The molecular formula is C12H26N2O2S. The summed E-state index contributed by atoms with van der Waals surface area (Å²) in [6.07, 6.45) is 2.54. The van der Waals surface area contributed by atoms with Crippen molar-refractivity contribution in [2.24, 2.45) is 5.92 Å². The van der Waals surface area contributed by atoms with Crippen LogP contribution in [-0.4, -0.2) is 40.8 Å². The minimum Gasteiger partial charge on any atom is -0.354 e. The van der Waals surface area contributed by atoms with Crippen molar-refractivity contribution in [1.29, 1.82) is 0 Å². The molecule has 0 aliphatic carbocycles. The van der Waals surface area contributed by atoms with Gasteiger partial charge in [0.25, 0.3) is 0 Å². The van der Waals surface area contributed by atoms with E-state index >= 15 is 0 Å². The van der Waals surface area contributed by atoms with Gasteiger partial charge in [0.2, 0.25) is 5.91 Å². The molecule has 0 spiro atoms. The van der Waals surface area contributed by atoms with E-state index in [9.17, 15) is 9.00 Å². The van der Waals surface area contributed by atoms with E-state index < -0.39 is 10.8 Å². The summed E-state index contributed by atoms with van der Waals surface area (Å²) >= 11 is 0. The quantitative estimate of drug-likeness (QED) is 0.683. The van der Waals surface area contributed by atoms with Crippen LogP contribution in [-0.2, 0) is 15.6 Å². The predicted octanol–water partition coefficient (Wildman–Crippen LogP) is 0.894. The van der Waals surface area contributed by atoms with Crippen LogP contribution in [0.1, 0.15) is 34.1 Å². The van der Waals surface area contributed by atoms with Crippen LogP contribution in [0.3, 0.4) is 0 Å². The van der Waals surface area contributed by atoms with Crippen molar-refractivity contribution in [1.82, 2.24) is 10.6 Å². The second-order valence-corrected chi connectivity index (χ2v) is 6.71. The summed E-state index contributed by atoms with van der Waals surface area (Å²) in [6, 6.07) is -0.189. The van der Waals surface area contributed by atoms with E-state index in [1.165, 1.54) is 0 Å². The zero-order valence-electron chi connectivity index (χ0n) is 11.6. The third kappa shape index (κ3) is 8.32. The van der Waals surface area contributed by atoms with Crippen LogP contribution < -0.4 is 10.6 Å². The minimum atomic E-state index is -0.786. The molecule has 1 amide bonds. The standard InChI is InChI=1S/C12H26N2O2S/c1-9(2)8-14-12(15)11(4)13-7-6-10(3)17(5)16/h9-11,13H,6-8H2,1-5H3,(H,14,15). The van der Waals surface area contributed by atoms with Crippen molar-refractivity contribution in [3.8, 4) is 0 Å². The first-order chi connectivity index (χ1) is 7.84. The molecule has 0 aromatic rings. The zero-order chi connectivity index (χ0) is 13.4. The Hall–Kier alpha value is -0.420. The summed E-state index contributed by atoms with van der Waals surface area (Å²) in [4.78, 5) is 11.6. The van der Waals surface area contributed by atoms with Gasteiger partial charge >= 0.3 is 0 Å². The number of hydrogen-bond donors (Lipinski definition) is 2. The number of rotatable bonds is 8. The molecule has 0 aliphatic rings. The summed E-state index contributed by atoms with van der Waals surface area (Å²) in [6.45, 7) is 9.37. The maximum atomic E-state index is 11.6. The Bertz CT molecular complexity index is 257. The van der Waals surface area contributed by atoms with E-state index in [1.807, 2.05) is 13.8 Å². The van der Waals surface area contributed by atoms with E-state index in [4.69, 9.17) is 0 Å². The second kappa shape index (κ2) is 8.64. The van der Waals surface area contributed by atoms with Gasteiger partial charge in [0.1, 0.15) is 0 Å². The monoisotopic (exact) mass is 262 g/mol. The fraction of sp³-hybridized carbons (Fsp3) is 0.917. The Balaban J connectivity index is 3.74. The first-order valence-electron chi connectivity index (χ1n) is 6.18. The topological polar surface area (TPSA) is 58.2 Å². The Labute approximate surface area is 107 Å². The lowest BCUT2D eigenvalue weighted by atomic mass is 10.2. The summed E-state index contributed by atoms with van der Waals surface area (Å²) in [5.41, 5.74) is 0. The van der Waals surface area contributed by atoms with E-state index in [1.54, 1.807) is 6.26 Å². The van der Waals surface area contributed by atoms with Crippen LogP contribution in [0.5, 0.6) is 0 Å². The molecule has 102 valence electrons. The molecule has 2 N–H and O–H groups in total. The van der Waals surface area contributed by atoms with Gasteiger partial charge in [0.15, 0.2) is 0 Å². The summed E-state index contributed by atoms with van der Waals surface area (Å²) in [7, 11) is -0.786. The smallest absolute Gasteiger partial charge is 0.236 e. The molecule has 0 aromatic carbocycles. The van der Waals surface area contributed by atoms with Gasteiger partial charge in [-0.2, -0.15) is 0 Å². The van der Waals surface area contributed by atoms with Crippen molar-refractivity contribution >= 4 is 16.7 Å².